The number of hydrogen-bond acceptors (Lipinski definition) is 2. The molecule has 4 nitrogen and oxygen atoms in total. The number of rotatable bonds is 7. The van der Waals surface area contributed by atoms with Crippen molar-refractivity contribution >= 4 is 27.8 Å². The van der Waals surface area contributed by atoms with E-state index in [9.17, 15) is 14.0 Å². The third kappa shape index (κ3) is 5.69. The van der Waals surface area contributed by atoms with Gasteiger partial charge in [-0.2, -0.15) is 0 Å². The number of aliphatic carboxylic acids is 1. The minimum atomic E-state index is -0.872. The van der Waals surface area contributed by atoms with Crippen LogP contribution in [0.1, 0.15) is 25.3 Å². The van der Waals surface area contributed by atoms with Crippen molar-refractivity contribution in [1.29, 1.82) is 0 Å². The molecule has 20 heavy (non-hydrogen) atoms. The highest BCUT2D eigenvalue weighted by Gasteiger charge is 2.14. The van der Waals surface area contributed by atoms with E-state index in [4.69, 9.17) is 5.11 Å². The first kappa shape index (κ1) is 16.6. The van der Waals surface area contributed by atoms with E-state index in [0.717, 1.165) is 5.56 Å². The topological polar surface area (TPSA) is 66.4 Å². The van der Waals surface area contributed by atoms with E-state index in [1.165, 1.54) is 6.07 Å². The molecule has 0 saturated carbocycles. The lowest BCUT2D eigenvalue weighted by Gasteiger charge is -2.12. The number of hydrogen-bond donors (Lipinski definition) is 2. The van der Waals surface area contributed by atoms with Gasteiger partial charge in [-0.25, -0.2) is 4.39 Å². The number of carbonyl (C=O) groups is 2. The molecule has 0 fully saturated rings. The third-order valence-corrected chi connectivity index (χ3v) is 3.45. The molecule has 0 radical (unpaired) electrons. The summed E-state index contributed by atoms with van der Waals surface area (Å²) in [5.41, 5.74) is 0.867. The fourth-order valence-electron chi connectivity index (χ4n) is 1.74. The first-order chi connectivity index (χ1) is 9.40. The Morgan fingerprint density at radius 2 is 2.15 bits per heavy atom. The standard InChI is InChI=1S/C14H17BrFNO3/c1-9(14(20)17-6-2-3-13(18)19)7-10-4-5-12(16)11(15)8-10/h4-5,8-9H,2-3,6-7H2,1H3,(H,17,20)(H,18,19). The molecule has 1 aromatic carbocycles. The van der Waals surface area contributed by atoms with Crippen LogP contribution in [0.2, 0.25) is 0 Å². The lowest BCUT2D eigenvalue weighted by molar-refractivity contribution is -0.137. The average Bonchev–Trinajstić information content (AvgIpc) is 2.38. The molecule has 0 aliphatic rings. The van der Waals surface area contributed by atoms with Crippen LogP contribution in [0.3, 0.4) is 0 Å². The summed E-state index contributed by atoms with van der Waals surface area (Å²) < 4.78 is 13.5. The molecule has 0 bridgehead atoms. The van der Waals surface area contributed by atoms with Crippen molar-refractivity contribution in [2.24, 2.45) is 5.92 Å². The first-order valence-electron chi connectivity index (χ1n) is 6.33. The Hall–Kier alpha value is -1.43. The van der Waals surface area contributed by atoms with Crippen molar-refractivity contribution in [2.75, 3.05) is 6.54 Å². The van der Waals surface area contributed by atoms with Gasteiger partial charge in [0.1, 0.15) is 5.82 Å². The second-order valence-electron chi connectivity index (χ2n) is 4.64. The summed E-state index contributed by atoms with van der Waals surface area (Å²) >= 11 is 3.11. The summed E-state index contributed by atoms with van der Waals surface area (Å²) in [6.07, 6.45) is 0.957. The molecular formula is C14H17BrFNO3. The number of nitrogens with one attached hydrogen (secondary N) is 1. The monoisotopic (exact) mass is 345 g/mol. The molecule has 1 unspecified atom stereocenters. The largest absolute Gasteiger partial charge is 0.481 e. The van der Waals surface area contributed by atoms with Gasteiger partial charge in [-0.3, -0.25) is 9.59 Å². The fraction of sp³-hybridized carbons (Fsp3) is 0.429. The van der Waals surface area contributed by atoms with E-state index in [-0.39, 0.29) is 24.1 Å². The van der Waals surface area contributed by atoms with Crippen molar-refractivity contribution in [3.63, 3.8) is 0 Å². The number of halogens is 2. The number of benzene rings is 1. The van der Waals surface area contributed by atoms with Crippen LogP contribution in [0.5, 0.6) is 0 Å². The van der Waals surface area contributed by atoms with E-state index < -0.39 is 5.97 Å². The van der Waals surface area contributed by atoms with Gasteiger partial charge in [-0.1, -0.05) is 13.0 Å². The minimum Gasteiger partial charge on any atom is -0.481 e. The number of carbonyl (C=O) groups excluding carboxylic acids is 1. The zero-order chi connectivity index (χ0) is 15.1. The molecule has 0 aliphatic heterocycles. The molecule has 2 N–H and O–H groups in total. The molecule has 1 atom stereocenters. The Balaban J connectivity index is 2.41. The van der Waals surface area contributed by atoms with Gasteiger partial charge < -0.3 is 10.4 Å². The predicted octanol–water partition coefficient (Wildman–Crippen LogP) is 2.75. The second-order valence-corrected chi connectivity index (χ2v) is 5.50. The van der Waals surface area contributed by atoms with E-state index in [2.05, 4.69) is 21.2 Å². The molecular weight excluding hydrogens is 329 g/mol. The highest BCUT2D eigenvalue weighted by atomic mass is 79.9. The lowest BCUT2D eigenvalue weighted by Crippen LogP contribution is -2.31. The molecule has 0 spiro atoms. The Bertz CT molecular complexity index is 493. The summed E-state index contributed by atoms with van der Waals surface area (Å²) in [5, 5.41) is 11.2. The average molecular weight is 346 g/mol. The Morgan fingerprint density at radius 1 is 1.45 bits per heavy atom. The van der Waals surface area contributed by atoms with E-state index in [1.807, 2.05) is 0 Å². The van der Waals surface area contributed by atoms with Gasteiger partial charge in [-0.05, 0) is 46.5 Å². The Morgan fingerprint density at radius 3 is 2.75 bits per heavy atom. The predicted molar refractivity (Wildman–Crippen MR) is 76.8 cm³/mol. The molecule has 0 saturated heterocycles. The SMILES string of the molecule is CC(Cc1ccc(F)c(Br)c1)C(=O)NCCCC(=O)O. The van der Waals surface area contributed by atoms with Crippen molar-refractivity contribution < 1.29 is 19.1 Å². The van der Waals surface area contributed by atoms with Gasteiger partial charge in [0.25, 0.3) is 0 Å². The van der Waals surface area contributed by atoms with Crippen LogP contribution in [-0.2, 0) is 16.0 Å². The van der Waals surface area contributed by atoms with Crippen LogP contribution in [0.4, 0.5) is 4.39 Å². The first-order valence-corrected chi connectivity index (χ1v) is 7.13. The molecule has 1 aromatic rings. The van der Waals surface area contributed by atoms with Gasteiger partial charge in [0.05, 0.1) is 4.47 Å². The third-order valence-electron chi connectivity index (χ3n) is 2.84. The second kappa shape index (κ2) is 7.99. The van der Waals surface area contributed by atoms with Crippen LogP contribution in [-0.4, -0.2) is 23.5 Å². The summed E-state index contributed by atoms with van der Waals surface area (Å²) in [7, 11) is 0. The van der Waals surface area contributed by atoms with Gasteiger partial charge in [0, 0.05) is 18.9 Å². The smallest absolute Gasteiger partial charge is 0.303 e. The van der Waals surface area contributed by atoms with E-state index in [0.29, 0.717) is 23.9 Å². The Labute approximate surface area is 125 Å². The number of amides is 1. The summed E-state index contributed by atoms with van der Waals surface area (Å²) in [4.78, 5) is 22.1. The minimum absolute atomic E-state index is 0.0412. The number of carboxylic acids is 1. The van der Waals surface area contributed by atoms with Gasteiger partial charge >= 0.3 is 5.97 Å². The molecule has 6 heteroatoms. The van der Waals surface area contributed by atoms with Gasteiger partial charge in [0.15, 0.2) is 0 Å². The highest BCUT2D eigenvalue weighted by molar-refractivity contribution is 9.10. The maximum atomic E-state index is 13.1. The van der Waals surface area contributed by atoms with E-state index in [1.54, 1.807) is 19.1 Å². The van der Waals surface area contributed by atoms with Crippen molar-refractivity contribution in [1.82, 2.24) is 5.32 Å². The van der Waals surface area contributed by atoms with Gasteiger partial charge in [-0.15, -0.1) is 0 Å². The van der Waals surface area contributed by atoms with Crippen LogP contribution in [0, 0.1) is 11.7 Å². The zero-order valence-electron chi connectivity index (χ0n) is 11.2. The number of carboxylic acid groups (broad SMARTS) is 1. The van der Waals surface area contributed by atoms with Crippen LogP contribution < -0.4 is 5.32 Å². The molecule has 0 aromatic heterocycles. The maximum Gasteiger partial charge on any atom is 0.303 e. The molecule has 0 aliphatic carbocycles. The fourth-order valence-corrected chi connectivity index (χ4v) is 2.16. The summed E-state index contributed by atoms with van der Waals surface area (Å²) in [6.45, 7) is 2.13. The lowest BCUT2D eigenvalue weighted by atomic mass is 10.0. The Kier molecular flexibility index (Phi) is 6.64. The zero-order valence-corrected chi connectivity index (χ0v) is 12.7. The summed E-state index contributed by atoms with van der Waals surface area (Å²) in [5.74, 6) is -1.59. The molecule has 0 heterocycles. The van der Waals surface area contributed by atoms with E-state index >= 15 is 0 Å². The normalized spacial score (nSPS) is 11.9. The molecule has 1 amide bonds. The summed E-state index contributed by atoms with van der Waals surface area (Å²) in [6, 6.07) is 4.66. The quantitative estimate of drug-likeness (QED) is 0.746. The molecule has 110 valence electrons. The van der Waals surface area contributed by atoms with Gasteiger partial charge in [0.2, 0.25) is 5.91 Å². The van der Waals surface area contributed by atoms with Crippen molar-refractivity contribution in [2.45, 2.75) is 26.2 Å². The van der Waals surface area contributed by atoms with Crippen LogP contribution in [0.25, 0.3) is 0 Å². The molecule has 1 rings (SSSR count). The van der Waals surface area contributed by atoms with Crippen LogP contribution >= 0.6 is 15.9 Å². The van der Waals surface area contributed by atoms with Crippen LogP contribution in [0.15, 0.2) is 22.7 Å². The van der Waals surface area contributed by atoms with Crippen molar-refractivity contribution in [3.8, 4) is 0 Å². The highest BCUT2D eigenvalue weighted by Crippen LogP contribution is 2.19. The maximum absolute atomic E-state index is 13.1. The van der Waals surface area contributed by atoms with Crippen molar-refractivity contribution in [3.05, 3.63) is 34.1 Å².